The molecule has 0 saturated carbocycles. The number of carboxylic acid groups (broad SMARTS) is 1. The molecule has 1 aliphatic rings. The number of likely N-dealkylation sites (tertiary alicyclic amines) is 1. The number of nitrogens with one attached hydrogen (secondary N) is 3. The van der Waals surface area contributed by atoms with Gasteiger partial charge in [-0.25, -0.2) is 9.78 Å². The second kappa shape index (κ2) is 15.5. The summed E-state index contributed by atoms with van der Waals surface area (Å²) in [6.07, 6.45) is 6.31. The number of hydrogen-bond acceptors (Lipinski definition) is 8. The fourth-order valence-corrected chi connectivity index (χ4v) is 4.27. The smallest absolute Gasteiger partial charge is 0.326 e. The van der Waals surface area contributed by atoms with Gasteiger partial charge < -0.3 is 48.6 Å². The average molecular weight is 537 g/mol. The maximum Gasteiger partial charge on any atom is 0.326 e. The molecule has 2 rings (SSSR count). The molecule has 38 heavy (non-hydrogen) atoms. The van der Waals surface area contributed by atoms with Crippen molar-refractivity contribution in [2.75, 3.05) is 19.6 Å². The Bertz CT molecular complexity index is 950. The Morgan fingerprint density at radius 3 is 2.55 bits per heavy atom. The number of unbranched alkanes of at least 4 members (excludes halogenated alkanes) is 1. The van der Waals surface area contributed by atoms with Crippen LogP contribution in [0.1, 0.15) is 50.6 Å². The first kappa shape index (κ1) is 30.5. The zero-order valence-electron chi connectivity index (χ0n) is 21.5. The highest BCUT2D eigenvalue weighted by molar-refractivity contribution is 5.94. The molecular formula is C23H40N10O5. The number of rotatable bonds is 16. The van der Waals surface area contributed by atoms with Crippen molar-refractivity contribution in [2.24, 2.45) is 27.9 Å². The number of carbonyl (C=O) groups excluding carboxylic acids is 3. The minimum Gasteiger partial charge on any atom is -0.480 e. The van der Waals surface area contributed by atoms with Crippen LogP contribution < -0.4 is 33.6 Å². The number of nitrogens with zero attached hydrogens (tertiary/aromatic N) is 3. The lowest BCUT2D eigenvalue weighted by Gasteiger charge is -2.30. The van der Waals surface area contributed by atoms with Crippen LogP contribution in [0.25, 0.3) is 0 Å². The summed E-state index contributed by atoms with van der Waals surface area (Å²) >= 11 is 0. The van der Waals surface area contributed by atoms with Crippen LogP contribution in [0.3, 0.4) is 0 Å². The Morgan fingerprint density at radius 1 is 1.16 bits per heavy atom. The first-order valence-corrected chi connectivity index (χ1v) is 12.8. The monoisotopic (exact) mass is 536 g/mol. The van der Waals surface area contributed by atoms with Gasteiger partial charge in [0.1, 0.15) is 18.1 Å². The second-order valence-corrected chi connectivity index (χ2v) is 9.27. The van der Waals surface area contributed by atoms with Crippen molar-refractivity contribution < 1.29 is 24.3 Å². The van der Waals surface area contributed by atoms with Crippen LogP contribution in [0.4, 0.5) is 0 Å². The topological polar surface area (TPSA) is 261 Å². The van der Waals surface area contributed by atoms with Gasteiger partial charge in [0, 0.05) is 31.4 Å². The summed E-state index contributed by atoms with van der Waals surface area (Å²) in [5.41, 5.74) is 22.7. The number of amides is 3. The number of carbonyl (C=O) groups is 4. The third-order valence-corrected chi connectivity index (χ3v) is 6.30. The fourth-order valence-electron chi connectivity index (χ4n) is 4.27. The molecule has 1 aliphatic heterocycles. The average Bonchev–Trinajstić information content (AvgIpc) is 3.57. The van der Waals surface area contributed by atoms with E-state index in [-0.39, 0.29) is 31.9 Å². The quantitative estimate of drug-likeness (QED) is 0.0625. The van der Waals surface area contributed by atoms with Crippen LogP contribution in [-0.2, 0) is 25.6 Å². The van der Waals surface area contributed by atoms with Crippen molar-refractivity contribution in [1.29, 1.82) is 0 Å². The lowest BCUT2D eigenvalue weighted by Crippen LogP contribution is -2.57. The standard InChI is InChI=1S/C23H40N10O5/c24-8-2-1-5-15(25)19(34)32-17(11-14-12-28-13-30-14)21(36)33-10-4-7-18(33)20(35)31-16(22(37)38)6-3-9-29-23(26)27/h12-13,15-18H,1-11,24-25H2,(H,28,30)(H,31,35)(H,32,34)(H,37,38)(H4,26,27,29). The van der Waals surface area contributed by atoms with Crippen molar-refractivity contribution in [3.05, 3.63) is 18.2 Å². The van der Waals surface area contributed by atoms with E-state index >= 15 is 0 Å². The van der Waals surface area contributed by atoms with Crippen LogP contribution in [0, 0.1) is 0 Å². The predicted octanol–water partition coefficient (Wildman–Crippen LogP) is -2.49. The first-order valence-electron chi connectivity index (χ1n) is 12.8. The predicted molar refractivity (Wildman–Crippen MR) is 139 cm³/mol. The summed E-state index contributed by atoms with van der Waals surface area (Å²) in [4.78, 5) is 63.2. The largest absolute Gasteiger partial charge is 0.480 e. The molecule has 2 heterocycles. The maximum absolute atomic E-state index is 13.6. The van der Waals surface area contributed by atoms with Gasteiger partial charge in [0.05, 0.1) is 12.4 Å². The summed E-state index contributed by atoms with van der Waals surface area (Å²) in [6, 6.07) is -3.85. The molecular weight excluding hydrogens is 496 g/mol. The lowest BCUT2D eigenvalue weighted by molar-refractivity contribution is -0.145. The number of aliphatic carboxylic acids is 1. The maximum atomic E-state index is 13.6. The Morgan fingerprint density at radius 2 is 1.92 bits per heavy atom. The van der Waals surface area contributed by atoms with Crippen LogP contribution in [0.15, 0.2) is 17.5 Å². The summed E-state index contributed by atoms with van der Waals surface area (Å²) in [7, 11) is 0. The Hall–Kier alpha value is -3.72. The molecule has 1 aromatic rings. The summed E-state index contributed by atoms with van der Waals surface area (Å²) < 4.78 is 0. The van der Waals surface area contributed by atoms with Crippen molar-refractivity contribution in [1.82, 2.24) is 25.5 Å². The number of carboxylic acids is 1. The zero-order chi connectivity index (χ0) is 28.1. The van der Waals surface area contributed by atoms with Gasteiger partial charge in [-0.1, -0.05) is 6.42 Å². The number of nitrogens with two attached hydrogens (primary N) is 4. The number of aromatic amines is 1. The molecule has 0 bridgehead atoms. The molecule has 0 aromatic carbocycles. The Balaban J connectivity index is 2.09. The number of aliphatic imine (C=N–C) groups is 1. The SMILES string of the molecule is NCCCCC(N)C(=O)NC(Cc1cnc[nH]1)C(=O)N1CCCC1C(=O)NC(CCCN=C(N)N)C(=O)O. The first-order chi connectivity index (χ1) is 18.1. The van der Waals surface area contributed by atoms with Gasteiger partial charge >= 0.3 is 5.97 Å². The third kappa shape index (κ3) is 9.63. The van der Waals surface area contributed by atoms with Crippen molar-refractivity contribution in [3.63, 3.8) is 0 Å². The van der Waals surface area contributed by atoms with Gasteiger partial charge in [-0.2, -0.15) is 0 Å². The number of imidazole rings is 1. The van der Waals surface area contributed by atoms with E-state index in [1.165, 1.54) is 11.2 Å². The highest BCUT2D eigenvalue weighted by atomic mass is 16.4. The molecule has 0 aliphatic carbocycles. The van der Waals surface area contributed by atoms with E-state index in [1.807, 2.05) is 0 Å². The van der Waals surface area contributed by atoms with Crippen LogP contribution in [0.5, 0.6) is 0 Å². The number of guanidine groups is 1. The van der Waals surface area contributed by atoms with E-state index in [1.54, 1.807) is 6.20 Å². The molecule has 15 heteroatoms. The summed E-state index contributed by atoms with van der Waals surface area (Å²) in [5, 5.41) is 14.8. The molecule has 1 saturated heterocycles. The highest BCUT2D eigenvalue weighted by Crippen LogP contribution is 2.20. The highest BCUT2D eigenvalue weighted by Gasteiger charge is 2.39. The molecule has 12 N–H and O–H groups in total. The van der Waals surface area contributed by atoms with Gasteiger partial charge in [-0.15, -0.1) is 0 Å². The molecule has 4 atom stereocenters. The van der Waals surface area contributed by atoms with E-state index < -0.39 is 47.9 Å². The van der Waals surface area contributed by atoms with Crippen molar-refractivity contribution in [2.45, 2.75) is 75.5 Å². The molecule has 212 valence electrons. The van der Waals surface area contributed by atoms with Crippen LogP contribution in [-0.4, -0.2) is 93.4 Å². The van der Waals surface area contributed by atoms with Crippen LogP contribution >= 0.6 is 0 Å². The minimum absolute atomic E-state index is 0.102. The second-order valence-electron chi connectivity index (χ2n) is 9.27. The number of H-pyrrole nitrogens is 1. The molecule has 1 fully saturated rings. The molecule has 0 spiro atoms. The summed E-state index contributed by atoms with van der Waals surface area (Å²) in [5.74, 6) is -2.82. The van der Waals surface area contributed by atoms with E-state index in [4.69, 9.17) is 22.9 Å². The van der Waals surface area contributed by atoms with E-state index in [2.05, 4.69) is 25.6 Å². The Kier molecular flexibility index (Phi) is 12.5. The minimum atomic E-state index is -1.20. The lowest BCUT2D eigenvalue weighted by atomic mass is 10.1. The van der Waals surface area contributed by atoms with E-state index in [0.29, 0.717) is 44.3 Å². The van der Waals surface area contributed by atoms with Gasteiger partial charge in [0.25, 0.3) is 0 Å². The number of hydrogen-bond donors (Lipinski definition) is 8. The zero-order valence-corrected chi connectivity index (χ0v) is 21.5. The van der Waals surface area contributed by atoms with Crippen molar-refractivity contribution >= 4 is 29.7 Å². The van der Waals surface area contributed by atoms with Crippen molar-refractivity contribution in [3.8, 4) is 0 Å². The molecule has 3 amide bonds. The van der Waals surface area contributed by atoms with E-state index in [0.717, 1.165) is 6.42 Å². The molecule has 15 nitrogen and oxygen atoms in total. The normalized spacial score (nSPS) is 17.3. The van der Waals surface area contributed by atoms with Gasteiger partial charge in [-0.05, 0) is 45.1 Å². The Labute approximate surface area is 221 Å². The molecule has 4 unspecified atom stereocenters. The molecule has 0 radical (unpaired) electrons. The molecule has 1 aromatic heterocycles. The third-order valence-electron chi connectivity index (χ3n) is 6.30. The van der Waals surface area contributed by atoms with Crippen LogP contribution in [0.2, 0.25) is 0 Å². The fraction of sp³-hybridized carbons (Fsp3) is 0.652. The van der Waals surface area contributed by atoms with Gasteiger partial charge in [0.2, 0.25) is 17.7 Å². The number of aromatic nitrogens is 2. The summed E-state index contributed by atoms with van der Waals surface area (Å²) in [6.45, 7) is 1.00. The van der Waals surface area contributed by atoms with E-state index in [9.17, 15) is 24.3 Å². The van der Waals surface area contributed by atoms with Gasteiger partial charge in [-0.3, -0.25) is 19.4 Å². The van der Waals surface area contributed by atoms with Gasteiger partial charge in [0.15, 0.2) is 5.96 Å².